The van der Waals surface area contributed by atoms with Gasteiger partial charge >= 0.3 is 17.9 Å². The van der Waals surface area contributed by atoms with E-state index in [1.165, 1.54) is 257 Å². The fraction of sp³-hybridized carbons (Fsp3) is 0.805. The summed E-state index contributed by atoms with van der Waals surface area (Å²) in [6.07, 6.45) is 93.5. The number of allylic oxidation sites excluding steroid dienone is 12. The highest BCUT2D eigenvalue weighted by Crippen LogP contribution is 2.17. The molecule has 0 bridgehead atoms. The predicted octanol–water partition coefficient (Wildman–Crippen LogP) is 25.2. The van der Waals surface area contributed by atoms with E-state index in [1.54, 1.807) is 0 Å². The van der Waals surface area contributed by atoms with Crippen LogP contribution in [0.3, 0.4) is 0 Å². The van der Waals surface area contributed by atoms with Crippen molar-refractivity contribution in [2.24, 2.45) is 0 Å². The summed E-state index contributed by atoms with van der Waals surface area (Å²) in [5.74, 6) is -0.866. The quantitative estimate of drug-likeness (QED) is 0.0261. The van der Waals surface area contributed by atoms with Crippen molar-refractivity contribution in [1.82, 2.24) is 0 Å². The molecule has 0 amide bonds. The monoisotopic (exact) mass is 1160 g/mol. The van der Waals surface area contributed by atoms with Gasteiger partial charge in [-0.05, 0) is 116 Å². The summed E-state index contributed by atoms with van der Waals surface area (Å²) in [5, 5.41) is 0. The van der Waals surface area contributed by atoms with Crippen molar-refractivity contribution in [1.29, 1.82) is 0 Å². The standard InChI is InChI=1S/C77H138O6/c1-4-7-10-13-16-19-22-25-28-31-34-36-38-40-43-46-49-52-55-58-61-64-67-70-76(79)82-73-74(72-81-75(78)69-66-63-60-57-54-51-48-45-42-33-30-27-24-21-18-15-12-9-6-3)83-77(80)71-68-65-62-59-56-53-50-47-44-41-39-37-35-32-29-26-23-20-17-14-11-8-5-2/h22-23,25-27,30-32,34-35,38,40,74H,4-21,24,28-29,33,36-37,39,41-73H2,1-3H3/b25-22-,26-23-,30-27-,34-31-,35-32-,40-38-. The van der Waals surface area contributed by atoms with Gasteiger partial charge in [0, 0.05) is 19.3 Å². The molecule has 0 aromatic rings. The Labute approximate surface area is 516 Å². The maximum absolute atomic E-state index is 13.0. The molecule has 1 atom stereocenters. The number of rotatable bonds is 67. The lowest BCUT2D eigenvalue weighted by Gasteiger charge is -2.18. The zero-order valence-corrected chi connectivity index (χ0v) is 55.5. The Morgan fingerprint density at radius 3 is 0.687 bits per heavy atom. The molecule has 0 aliphatic rings. The highest BCUT2D eigenvalue weighted by molar-refractivity contribution is 5.71. The first-order valence-corrected chi connectivity index (χ1v) is 36.4. The van der Waals surface area contributed by atoms with Crippen LogP contribution in [0.25, 0.3) is 0 Å². The van der Waals surface area contributed by atoms with Gasteiger partial charge in [0.25, 0.3) is 0 Å². The Kier molecular flexibility index (Phi) is 68.6. The molecule has 0 aliphatic heterocycles. The maximum atomic E-state index is 13.0. The molecule has 83 heavy (non-hydrogen) atoms. The van der Waals surface area contributed by atoms with Crippen molar-refractivity contribution in [3.8, 4) is 0 Å². The molecule has 0 aromatic carbocycles. The topological polar surface area (TPSA) is 78.9 Å². The Morgan fingerprint density at radius 1 is 0.241 bits per heavy atom. The minimum atomic E-state index is -0.783. The lowest BCUT2D eigenvalue weighted by Crippen LogP contribution is -2.30. The van der Waals surface area contributed by atoms with Crippen LogP contribution in [0.5, 0.6) is 0 Å². The lowest BCUT2D eigenvalue weighted by atomic mass is 10.0. The summed E-state index contributed by atoms with van der Waals surface area (Å²) in [7, 11) is 0. The highest BCUT2D eigenvalue weighted by Gasteiger charge is 2.19. The smallest absolute Gasteiger partial charge is 0.306 e. The van der Waals surface area contributed by atoms with E-state index < -0.39 is 6.10 Å². The van der Waals surface area contributed by atoms with E-state index in [2.05, 4.69) is 93.7 Å². The largest absolute Gasteiger partial charge is 0.462 e. The summed E-state index contributed by atoms with van der Waals surface area (Å²) in [4.78, 5) is 38.5. The third kappa shape index (κ3) is 69.5. The van der Waals surface area contributed by atoms with E-state index in [9.17, 15) is 14.4 Å². The Bertz CT molecular complexity index is 1520. The molecule has 0 spiro atoms. The molecule has 0 N–H and O–H groups in total. The van der Waals surface area contributed by atoms with Crippen LogP contribution in [0.4, 0.5) is 0 Å². The van der Waals surface area contributed by atoms with Crippen LogP contribution >= 0.6 is 0 Å². The van der Waals surface area contributed by atoms with Gasteiger partial charge in [0.15, 0.2) is 6.10 Å². The number of esters is 3. The Balaban J connectivity index is 4.37. The second-order valence-electron chi connectivity index (χ2n) is 24.5. The van der Waals surface area contributed by atoms with Gasteiger partial charge in [-0.25, -0.2) is 0 Å². The zero-order chi connectivity index (χ0) is 59.9. The average Bonchev–Trinajstić information content (AvgIpc) is 3.49. The molecular formula is C77H138O6. The molecule has 1 unspecified atom stereocenters. The molecule has 6 heteroatoms. The summed E-state index contributed by atoms with van der Waals surface area (Å²) < 4.78 is 17.0. The number of hydrogen-bond acceptors (Lipinski definition) is 6. The Morgan fingerprint density at radius 2 is 0.434 bits per heavy atom. The summed E-state index contributed by atoms with van der Waals surface area (Å²) in [6, 6.07) is 0. The van der Waals surface area contributed by atoms with Gasteiger partial charge in [-0.2, -0.15) is 0 Å². The number of unbranched alkanes of at least 4 members (excludes halogenated alkanes) is 44. The number of hydrogen-bond donors (Lipinski definition) is 0. The first kappa shape index (κ1) is 79.8. The Hall–Kier alpha value is -3.15. The summed E-state index contributed by atoms with van der Waals surface area (Å²) in [5.41, 5.74) is 0. The highest BCUT2D eigenvalue weighted by atomic mass is 16.6. The van der Waals surface area contributed by atoms with Crippen LogP contribution in [-0.4, -0.2) is 37.2 Å². The van der Waals surface area contributed by atoms with Crippen LogP contribution in [0.15, 0.2) is 72.9 Å². The van der Waals surface area contributed by atoms with E-state index in [0.29, 0.717) is 19.3 Å². The number of ether oxygens (including phenoxy) is 3. The van der Waals surface area contributed by atoms with Crippen LogP contribution in [0.2, 0.25) is 0 Å². The fourth-order valence-corrected chi connectivity index (χ4v) is 10.7. The lowest BCUT2D eigenvalue weighted by molar-refractivity contribution is -0.167. The van der Waals surface area contributed by atoms with Crippen molar-refractivity contribution in [3.05, 3.63) is 72.9 Å². The van der Waals surface area contributed by atoms with E-state index in [0.717, 1.165) is 83.5 Å². The molecule has 0 rings (SSSR count). The number of carbonyl (C=O) groups is 3. The third-order valence-electron chi connectivity index (χ3n) is 16.2. The third-order valence-corrected chi connectivity index (χ3v) is 16.2. The van der Waals surface area contributed by atoms with Gasteiger partial charge in [-0.15, -0.1) is 0 Å². The van der Waals surface area contributed by atoms with Crippen LogP contribution < -0.4 is 0 Å². The van der Waals surface area contributed by atoms with Crippen LogP contribution in [0, 0.1) is 0 Å². The molecule has 0 saturated carbocycles. The second kappa shape index (κ2) is 71.3. The predicted molar refractivity (Wildman–Crippen MR) is 362 cm³/mol. The fourth-order valence-electron chi connectivity index (χ4n) is 10.7. The van der Waals surface area contributed by atoms with Gasteiger partial charge in [0.2, 0.25) is 0 Å². The molecule has 482 valence electrons. The van der Waals surface area contributed by atoms with Gasteiger partial charge in [-0.3, -0.25) is 14.4 Å². The zero-order valence-electron chi connectivity index (χ0n) is 55.5. The normalized spacial score (nSPS) is 12.5. The van der Waals surface area contributed by atoms with Crippen molar-refractivity contribution < 1.29 is 28.6 Å². The van der Waals surface area contributed by atoms with Gasteiger partial charge in [0.05, 0.1) is 0 Å². The van der Waals surface area contributed by atoms with Crippen LogP contribution in [-0.2, 0) is 28.6 Å². The van der Waals surface area contributed by atoms with E-state index in [1.807, 2.05) is 0 Å². The summed E-state index contributed by atoms with van der Waals surface area (Å²) in [6.45, 7) is 6.66. The minimum Gasteiger partial charge on any atom is -0.462 e. The second-order valence-corrected chi connectivity index (χ2v) is 24.5. The van der Waals surface area contributed by atoms with E-state index in [-0.39, 0.29) is 31.1 Å². The first-order chi connectivity index (χ1) is 41.0. The number of carbonyl (C=O) groups excluding carboxylic acids is 3. The van der Waals surface area contributed by atoms with E-state index >= 15 is 0 Å². The van der Waals surface area contributed by atoms with Gasteiger partial charge < -0.3 is 14.2 Å². The first-order valence-electron chi connectivity index (χ1n) is 36.4. The van der Waals surface area contributed by atoms with Crippen molar-refractivity contribution in [2.45, 2.75) is 386 Å². The molecule has 6 nitrogen and oxygen atoms in total. The van der Waals surface area contributed by atoms with Crippen molar-refractivity contribution in [3.63, 3.8) is 0 Å². The maximum Gasteiger partial charge on any atom is 0.306 e. The van der Waals surface area contributed by atoms with Crippen molar-refractivity contribution in [2.75, 3.05) is 13.2 Å². The molecule has 0 heterocycles. The minimum absolute atomic E-state index is 0.0773. The molecule has 0 aromatic heterocycles. The molecular weight excluding hydrogens is 1020 g/mol. The van der Waals surface area contributed by atoms with Gasteiger partial charge in [0.1, 0.15) is 13.2 Å². The average molecular weight is 1160 g/mol. The van der Waals surface area contributed by atoms with E-state index in [4.69, 9.17) is 14.2 Å². The van der Waals surface area contributed by atoms with Crippen molar-refractivity contribution >= 4 is 17.9 Å². The van der Waals surface area contributed by atoms with Crippen LogP contribution in [0.1, 0.15) is 380 Å². The molecule has 0 radical (unpaired) electrons. The SMILES string of the molecule is CCCCCCC/C=C\C/C=C\C/C=C\CCCCCCCCCCC(=O)OCC(COC(=O)CCCCCCCCCCC/C=C\CCCCCCCC)OC(=O)CCCCCCCCCCCCC/C=C\C/C=C\CCCCCCC. The molecule has 0 fully saturated rings. The molecule has 0 aliphatic carbocycles. The summed E-state index contributed by atoms with van der Waals surface area (Å²) >= 11 is 0. The molecule has 0 saturated heterocycles. The van der Waals surface area contributed by atoms with Gasteiger partial charge in [-0.1, -0.05) is 318 Å².